The van der Waals surface area contributed by atoms with Crippen LogP contribution in [0.4, 0.5) is 0 Å². The molecule has 2 aromatic heterocycles. The van der Waals surface area contributed by atoms with Crippen molar-refractivity contribution in [3.05, 3.63) is 209 Å². The number of benzene rings is 10. The fraction of sp³-hybridized carbons (Fsp3) is 0.147. The van der Waals surface area contributed by atoms with Crippen LogP contribution in [0.2, 0.25) is 0 Å². The first-order chi connectivity index (χ1) is 34.4. The Bertz CT molecular complexity index is 4320. The molecule has 2 nitrogen and oxygen atoms in total. The van der Waals surface area contributed by atoms with Gasteiger partial charge in [-0.2, -0.15) is 0 Å². The molecule has 12 aromatic rings. The van der Waals surface area contributed by atoms with Gasteiger partial charge in [0.2, 0.25) is 0 Å². The van der Waals surface area contributed by atoms with Gasteiger partial charge in [0.1, 0.15) is 0 Å². The van der Waals surface area contributed by atoms with Crippen molar-refractivity contribution in [2.24, 2.45) is 0 Å². The second kappa shape index (κ2) is 14.8. The fourth-order valence-corrected chi connectivity index (χ4v) is 13.3. The molecule has 340 valence electrons. The highest BCUT2D eigenvalue weighted by molar-refractivity contribution is 6.90. The number of rotatable bonds is 4. The molecular weight excluding hydrogens is 856 g/mol. The maximum absolute atomic E-state index is 2.77. The van der Waals surface area contributed by atoms with Crippen LogP contribution in [0.5, 0.6) is 0 Å². The number of hydrogen-bond donors (Lipinski definition) is 0. The smallest absolute Gasteiger partial charge is 0.333 e. The lowest BCUT2D eigenvalue weighted by Gasteiger charge is -2.36. The molecule has 0 atom stereocenters. The Kier molecular flexibility index (Phi) is 8.78. The molecule has 0 unspecified atom stereocenters. The molecule has 2 aliphatic heterocycles. The van der Waals surface area contributed by atoms with Crippen LogP contribution in [0.1, 0.15) is 59.7 Å². The van der Waals surface area contributed by atoms with Crippen molar-refractivity contribution < 1.29 is 0 Å². The predicted molar refractivity (Wildman–Crippen MR) is 306 cm³/mol. The van der Waals surface area contributed by atoms with Gasteiger partial charge in [-0.25, -0.2) is 0 Å². The molecule has 0 amide bonds. The average molecular weight is 911 g/mol. The molecule has 4 heterocycles. The number of aromatic nitrogens is 2. The van der Waals surface area contributed by atoms with Crippen LogP contribution in [-0.2, 0) is 5.41 Å². The lowest BCUT2D eigenvalue weighted by molar-refractivity contribution is 0.591. The third-order valence-corrected chi connectivity index (χ3v) is 16.7. The molecular formula is C68H55BN2. The summed E-state index contributed by atoms with van der Waals surface area (Å²) < 4.78 is 5.48. The molecule has 0 bridgehead atoms. The molecule has 0 radical (unpaired) electrons. The van der Waals surface area contributed by atoms with Crippen molar-refractivity contribution in [3.63, 3.8) is 0 Å². The van der Waals surface area contributed by atoms with E-state index in [1.807, 2.05) is 0 Å². The van der Waals surface area contributed by atoms with Gasteiger partial charge in [0.15, 0.2) is 0 Å². The van der Waals surface area contributed by atoms with Crippen molar-refractivity contribution in [1.82, 2.24) is 9.05 Å². The van der Waals surface area contributed by atoms with Gasteiger partial charge in [-0.05, 0) is 200 Å². The van der Waals surface area contributed by atoms with E-state index in [0.717, 1.165) is 0 Å². The van der Waals surface area contributed by atoms with Crippen molar-refractivity contribution in [3.8, 4) is 61.3 Å². The second-order valence-corrected chi connectivity index (χ2v) is 21.9. The van der Waals surface area contributed by atoms with Crippen LogP contribution in [0.15, 0.2) is 170 Å². The predicted octanol–water partition coefficient (Wildman–Crippen LogP) is 16.8. The number of hydrogen-bond acceptors (Lipinski definition) is 0. The van der Waals surface area contributed by atoms with E-state index in [9.17, 15) is 0 Å². The zero-order chi connectivity index (χ0) is 48.4. The molecule has 10 aromatic carbocycles. The van der Waals surface area contributed by atoms with E-state index in [1.54, 1.807) is 0 Å². The summed E-state index contributed by atoms with van der Waals surface area (Å²) in [5, 5.41) is 7.84. The van der Waals surface area contributed by atoms with Crippen molar-refractivity contribution >= 4 is 72.2 Å². The lowest BCUT2D eigenvalue weighted by Crippen LogP contribution is -2.55. The average Bonchev–Trinajstić information content (AvgIpc) is 3.87. The Hall–Kier alpha value is -7.88. The summed E-state index contributed by atoms with van der Waals surface area (Å²) in [4.78, 5) is 0. The quantitative estimate of drug-likeness (QED) is 0.156. The molecule has 0 saturated carbocycles. The maximum Gasteiger partial charge on any atom is 0.333 e. The normalized spacial score (nSPS) is 12.8. The van der Waals surface area contributed by atoms with E-state index < -0.39 is 0 Å². The number of nitrogens with zero attached hydrogens (tertiary/aromatic N) is 2. The van der Waals surface area contributed by atoms with Gasteiger partial charge in [0.25, 0.3) is 0 Å². The third-order valence-electron chi connectivity index (χ3n) is 16.7. The summed E-state index contributed by atoms with van der Waals surface area (Å²) in [6.07, 6.45) is 0. The van der Waals surface area contributed by atoms with Crippen LogP contribution < -0.4 is 10.9 Å². The van der Waals surface area contributed by atoms with Gasteiger partial charge < -0.3 is 9.05 Å². The Morgan fingerprint density at radius 3 is 1.68 bits per heavy atom. The molecule has 14 rings (SSSR count). The fourth-order valence-electron chi connectivity index (χ4n) is 13.3. The summed E-state index contributed by atoms with van der Waals surface area (Å²) in [5.74, 6) is 0. The van der Waals surface area contributed by atoms with E-state index in [-0.39, 0.29) is 12.3 Å². The van der Waals surface area contributed by atoms with Gasteiger partial charge in [0.05, 0.1) is 11.0 Å². The highest BCUT2D eigenvalue weighted by atomic mass is 15.0. The highest BCUT2D eigenvalue weighted by Crippen LogP contribution is 2.51. The minimum Gasteiger partial charge on any atom is -0.375 e. The zero-order valence-electron chi connectivity index (χ0n) is 42.1. The number of fused-ring (bicyclic) bond motifs is 12. The van der Waals surface area contributed by atoms with E-state index in [0.29, 0.717) is 0 Å². The van der Waals surface area contributed by atoms with E-state index in [4.69, 9.17) is 0 Å². The molecule has 71 heavy (non-hydrogen) atoms. The highest BCUT2D eigenvalue weighted by Gasteiger charge is 2.44. The monoisotopic (exact) mass is 910 g/mol. The van der Waals surface area contributed by atoms with Crippen molar-refractivity contribution in [1.29, 1.82) is 0 Å². The Balaban J connectivity index is 1.23. The first kappa shape index (κ1) is 42.0. The molecule has 2 aliphatic rings. The maximum atomic E-state index is 2.77. The summed E-state index contributed by atoms with van der Waals surface area (Å²) in [6, 6.07) is 65.4. The van der Waals surface area contributed by atoms with Crippen molar-refractivity contribution in [2.45, 2.75) is 67.7 Å². The molecule has 0 N–H and O–H groups in total. The van der Waals surface area contributed by atoms with Crippen LogP contribution in [0, 0.1) is 41.5 Å². The van der Waals surface area contributed by atoms with Crippen LogP contribution in [0.3, 0.4) is 0 Å². The van der Waals surface area contributed by atoms with Gasteiger partial charge in [-0.1, -0.05) is 148 Å². The second-order valence-electron chi connectivity index (χ2n) is 21.9. The Morgan fingerprint density at radius 1 is 0.394 bits per heavy atom. The number of aryl methyl sites for hydroxylation is 5. The molecule has 0 fully saturated rings. The third kappa shape index (κ3) is 5.78. The SMILES string of the molecule is Cc1ccccc1-c1ccc2c(c1)c1cc(-c3ccccc3C)cc3c1n2B1c2c(cc(-c4ccccc4C)c(C)c2-3)-n2c3cc(-c4c(C)cccc4C)c4ccccc4c3c3cc(C(C)(C)C)cc1c32. The summed E-state index contributed by atoms with van der Waals surface area (Å²) in [5.41, 5.74) is 31.1. The Morgan fingerprint density at radius 2 is 1.00 bits per heavy atom. The first-order valence-electron chi connectivity index (χ1n) is 25.5. The van der Waals surface area contributed by atoms with Crippen LogP contribution >= 0.6 is 0 Å². The van der Waals surface area contributed by atoms with Crippen LogP contribution in [-0.4, -0.2) is 15.9 Å². The minimum atomic E-state index is -0.105. The Labute approximate surface area is 417 Å². The lowest BCUT2D eigenvalue weighted by atomic mass is 9.45. The van der Waals surface area contributed by atoms with E-state index >= 15 is 0 Å². The standard InChI is InChI=1S/C68H55BN2/c1-38-19-10-13-24-47(38)44-29-30-59-53(31-44)55-32-45(48-25-14-11-20-39(48)2)33-56-63-43(6)52(49-26-15-12-21-40(49)3)36-61-65(63)69(71(59)66(55)56)58-35-46(68(7,8)9)34-57-64-51-28-17-16-27-50(51)54(37-60(64)70(61)67(57)58)62-41(4)22-18-23-42(62)5/h10-37H,1-9H3. The zero-order valence-corrected chi connectivity index (χ0v) is 42.1. The summed E-state index contributed by atoms with van der Waals surface area (Å²) in [7, 11) is 0. The topological polar surface area (TPSA) is 9.86 Å². The van der Waals surface area contributed by atoms with Gasteiger partial charge in [0, 0.05) is 43.8 Å². The van der Waals surface area contributed by atoms with Crippen LogP contribution in [0.25, 0.3) is 116 Å². The van der Waals surface area contributed by atoms with Gasteiger partial charge in [-0.15, -0.1) is 0 Å². The van der Waals surface area contributed by atoms with Crippen molar-refractivity contribution in [2.75, 3.05) is 0 Å². The van der Waals surface area contributed by atoms with Gasteiger partial charge in [-0.3, -0.25) is 0 Å². The summed E-state index contributed by atoms with van der Waals surface area (Å²) in [6.45, 7) is 20.8. The van der Waals surface area contributed by atoms with Gasteiger partial charge >= 0.3 is 6.85 Å². The molecule has 0 aliphatic carbocycles. The van der Waals surface area contributed by atoms with E-state index in [1.165, 1.54) is 166 Å². The summed E-state index contributed by atoms with van der Waals surface area (Å²) >= 11 is 0. The first-order valence-corrected chi connectivity index (χ1v) is 25.5. The molecule has 0 spiro atoms. The molecule has 0 saturated heterocycles. The largest absolute Gasteiger partial charge is 0.375 e. The van der Waals surface area contributed by atoms with E-state index in [2.05, 4.69) is 241 Å². The molecule has 3 heteroatoms. The minimum absolute atomic E-state index is 0.0864.